The van der Waals surface area contributed by atoms with Gasteiger partial charge >= 0.3 is 0 Å². The monoisotopic (exact) mass is 282 g/mol. The molecule has 1 aliphatic heterocycles. The molecule has 1 aromatic carbocycles. The molecule has 0 amide bonds. The lowest BCUT2D eigenvalue weighted by molar-refractivity contribution is -0.116. The number of Topliss-reactive ketones (excluding diaryl/α,β-unsaturated/α-hetero) is 1. The maximum Gasteiger partial charge on any atom is 0.215 e. The van der Waals surface area contributed by atoms with Gasteiger partial charge in [0.25, 0.3) is 0 Å². The van der Waals surface area contributed by atoms with E-state index in [1.807, 2.05) is 12.1 Å². The number of nitriles is 2. The number of hydrogen-bond acceptors (Lipinski definition) is 4. The van der Waals surface area contributed by atoms with Crippen molar-refractivity contribution < 1.29 is 13.9 Å². The predicted octanol–water partition coefficient (Wildman–Crippen LogP) is 2.94. The Kier molecular flexibility index (Phi) is 2.99. The maximum absolute atomic E-state index is 13.1. The van der Waals surface area contributed by atoms with Gasteiger partial charge in [-0.1, -0.05) is 12.1 Å². The molecule has 2 aliphatic rings. The average molecular weight is 282 g/mol. The van der Waals surface area contributed by atoms with E-state index in [9.17, 15) is 19.7 Å². The fraction of sp³-hybridized carbons (Fsp3) is 0.312. The van der Waals surface area contributed by atoms with Crippen LogP contribution in [0.5, 0.6) is 0 Å². The van der Waals surface area contributed by atoms with Crippen LogP contribution in [0.3, 0.4) is 0 Å². The van der Waals surface area contributed by atoms with E-state index in [-0.39, 0.29) is 11.4 Å². The van der Waals surface area contributed by atoms with Crippen LogP contribution in [-0.4, -0.2) is 5.78 Å². The smallest absolute Gasteiger partial charge is 0.215 e. The van der Waals surface area contributed by atoms with Crippen LogP contribution in [0.25, 0.3) is 0 Å². The van der Waals surface area contributed by atoms with Crippen LogP contribution in [0.2, 0.25) is 0 Å². The van der Waals surface area contributed by atoms with Crippen molar-refractivity contribution in [1.82, 2.24) is 0 Å². The molecule has 0 radical (unpaired) electrons. The van der Waals surface area contributed by atoms with Gasteiger partial charge in [0.1, 0.15) is 11.6 Å². The maximum atomic E-state index is 13.1. The first-order valence-electron chi connectivity index (χ1n) is 6.64. The van der Waals surface area contributed by atoms with Crippen molar-refractivity contribution in [2.24, 2.45) is 5.41 Å². The average Bonchev–Trinajstić information content (AvgIpc) is 2.84. The number of hydrogen-bond donors (Lipinski definition) is 0. The molecule has 5 heteroatoms. The van der Waals surface area contributed by atoms with Crippen LogP contribution < -0.4 is 0 Å². The molecule has 0 N–H and O–H groups in total. The first kappa shape index (κ1) is 13.3. The highest BCUT2D eigenvalue weighted by Gasteiger charge is 2.56. The SMILES string of the molecule is N#CC1(C#N)C2=C(CCCC2=O)OC1c1ccc(F)cc1. The highest BCUT2D eigenvalue weighted by atomic mass is 19.1. The second kappa shape index (κ2) is 4.71. The Morgan fingerprint density at radius 1 is 1.19 bits per heavy atom. The number of ether oxygens (including phenoxy) is 1. The van der Waals surface area contributed by atoms with E-state index in [1.165, 1.54) is 24.3 Å². The second-order valence-electron chi connectivity index (χ2n) is 5.16. The molecule has 104 valence electrons. The van der Waals surface area contributed by atoms with Gasteiger partial charge in [0.05, 0.1) is 17.7 Å². The van der Waals surface area contributed by atoms with E-state index in [0.29, 0.717) is 30.6 Å². The molecule has 0 saturated carbocycles. The number of benzene rings is 1. The minimum absolute atomic E-state index is 0.188. The molecule has 0 bridgehead atoms. The zero-order valence-corrected chi connectivity index (χ0v) is 11.1. The number of ketones is 1. The van der Waals surface area contributed by atoms with Crippen molar-refractivity contribution in [3.05, 3.63) is 47.0 Å². The zero-order valence-electron chi connectivity index (χ0n) is 11.1. The van der Waals surface area contributed by atoms with Crippen molar-refractivity contribution in [2.75, 3.05) is 0 Å². The molecule has 1 atom stereocenters. The number of halogens is 1. The van der Waals surface area contributed by atoms with Gasteiger partial charge < -0.3 is 4.74 Å². The van der Waals surface area contributed by atoms with Gasteiger partial charge in [0, 0.05) is 12.8 Å². The molecule has 21 heavy (non-hydrogen) atoms. The van der Waals surface area contributed by atoms with Crippen LogP contribution in [0, 0.1) is 33.9 Å². The third-order valence-corrected chi connectivity index (χ3v) is 3.94. The summed E-state index contributed by atoms with van der Waals surface area (Å²) in [6.45, 7) is 0. The Hall–Kier alpha value is -2.66. The van der Waals surface area contributed by atoms with Crippen LogP contribution in [0.1, 0.15) is 30.9 Å². The number of carbonyl (C=O) groups is 1. The Morgan fingerprint density at radius 3 is 2.48 bits per heavy atom. The Bertz CT molecular complexity index is 708. The van der Waals surface area contributed by atoms with Crippen LogP contribution in [0.4, 0.5) is 4.39 Å². The lowest BCUT2D eigenvalue weighted by Crippen LogP contribution is -2.28. The first-order valence-corrected chi connectivity index (χ1v) is 6.64. The van der Waals surface area contributed by atoms with Gasteiger partial charge in [-0.2, -0.15) is 10.5 Å². The Labute approximate surface area is 121 Å². The summed E-state index contributed by atoms with van der Waals surface area (Å²) in [6.07, 6.45) is 0.633. The highest BCUT2D eigenvalue weighted by Crippen LogP contribution is 2.53. The van der Waals surface area contributed by atoms with E-state index in [4.69, 9.17) is 4.74 Å². The van der Waals surface area contributed by atoms with Gasteiger partial charge in [-0.15, -0.1) is 0 Å². The number of nitrogens with zero attached hydrogens (tertiary/aromatic N) is 2. The molecular formula is C16H11FN2O2. The van der Waals surface area contributed by atoms with Crippen LogP contribution >= 0.6 is 0 Å². The zero-order chi connectivity index (χ0) is 15.0. The third kappa shape index (κ3) is 1.82. The molecule has 0 spiro atoms. The van der Waals surface area contributed by atoms with Crippen LogP contribution in [-0.2, 0) is 9.53 Å². The number of carbonyl (C=O) groups excluding carboxylic acids is 1. The summed E-state index contributed by atoms with van der Waals surface area (Å²) >= 11 is 0. The van der Waals surface area contributed by atoms with Crippen molar-refractivity contribution in [3.63, 3.8) is 0 Å². The summed E-state index contributed by atoms with van der Waals surface area (Å²) < 4.78 is 18.8. The third-order valence-electron chi connectivity index (χ3n) is 3.94. The van der Waals surface area contributed by atoms with E-state index in [2.05, 4.69) is 0 Å². The summed E-state index contributed by atoms with van der Waals surface area (Å²) in [7, 11) is 0. The van der Waals surface area contributed by atoms with Crippen molar-refractivity contribution in [1.29, 1.82) is 10.5 Å². The lowest BCUT2D eigenvalue weighted by atomic mass is 9.73. The van der Waals surface area contributed by atoms with Crippen molar-refractivity contribution in [3.8, 4) is 12.1 Å². The van der Waals surface area contributed by atoms with E-state index in [1.54, 1.807) is 0 Å². The van der Waals surface area contributed by atoms with Crippen LogP contribution in [0.15, 0.2) is 35.6 Å². The highest BCUT2D eigenvalue weighted by molar-refractivity contribution is 6.00. The van der Waals surface area contributed by atoms with E-state index < -0.39 is 17.3 Å². The molecule has 4 nitrogen and oxygen atoms in total. The second-order valence-corrected chi connectivity index (χ2v) is 5.16. The van der Waals surface area contributed by atoms with Gasteiger partial charge in [-0.3, -0.25) is 4.79 Å². The minimum atomic E-state index is -1.65. The quantitative estimate of drug-likeness (QED) is 0.793. The molecule has 0 saturated heterocycles. The fourth-order valence-electron chi connectivity index (χ4n) is 2.94. The van der Waals surface area contributed by atoms with Crippen molar-refractivity contribution >= 4 is 5.78 Å². The Balaban J connectivity index is 2.13. The number of rotatable bonds is 1. The first-order chi connectivity index (χ1) is 10.1. The summed E-state index contributed by atoms with van der Waals surface area (Å²) in [5.74, 6) is -0.183. The van der Waals surface area contributed by atoms with Gasteiger partial charge in [-0.25, -0.2) is 4.39 Å². The predicted molar refractivity (Wildman–Crippen MR) is 69.8 cm³/mol. The van der Waals surface area contributed by atoms with E-state index in [0.717, 1.165) is 0 Å². The standard InChI is InChI=1S/C16H11FN2O2/c17-11-6-4-10(5-7-11)15-16(8-18,9-19)14-12(20)2-1-3-13(14)21-15/h4-7,15H,1-3H2. The van der Waals surface area contributed by atoms with Gasteiger partial charge in [0.2, 0.25) is 5.41 Å². The Morgan fingerprint density at radius 2 is 1.86 bits per heavy atom. The molecule has 1 heterocycles. The van der Waals surface area contributed by atoms with E-state index >= 15 is 0 Å². The largest absolute Gasteiger partial charge is 0.486 e. The van der Waals surface area contributed by atoms with Gasteiger partial charge in [-0.05, 0) is 24.1 Å². The molecule has 1 unspecified atom stereocenters. The summed E-state index contributed by atoms with van der Waals surface area (Å²) in [6, 6.07) is 9.37. The van der Waals surface area contributed by atoms with Crippen molar-refractivity contribution in [2.45, 2.75) is 25.4 Å². The fourth-order valence-corrected chi connectivity index (χ4v) is 2.94. The minimum Gasteiger partial charge on any atom is -0.486 e. The molecule has 1 aromatic rings. The number of allylic oxidation sites excluding steroid dienone is 1. The summed E-state index contributed by atoms with van der Waals surface area (Å²) in [5.41, 5.74) is -0.945. The molecular weight excluding hydrogens is 271 g/mol. The molecule has 1 aliphatic carbocycles. The molecule has 3 rings (SSSR count). The normalized spacial score (nSPS) is 23.0. The summed E-state index contributed by atoms with van der Waals surface area (Å²) in [4.78, 5) is 12.1. The molecule has 0 aromatic heterocycles. The molecule has 0 fully saturated rings. The summed E-state index contributed by atoms with van der Waals surface area (Å²) in [5, 5.41) is 19.1. The lowest BCUT2D eigenvalue weighted by Gasteiger charge is -2.22. The topological polar surface area (TPSA) is 73.9 Å². The van der Waals surface area contributed by atoms with Gasteiger partial charge in [0.15, 0.2) is 11.9 Å².